The van der Waals surface area contributed by atoms with E-state index >= 15 is 0 Å². The first-order valence-corrected chi connectivity index (χ1v) is 8.45. The molecule has 0 aliphatic heterocycles. The van der Waals surface area contributed by atoms with Gasteiger partial charge in [0.2, 0.25) is 5.91 Å². The number of nitrogens with zero attached hydrogens (tertiary/aromatic N) is 1. The number of para-hydroxylation sites is 1. The number of aryl methyl sites for hydroxylation is 2. The molecule has 7 nitrogen and oxygen atoms in total. The summed E-state index contributed by atoms with van der Waals surface area (Å²) in [6.07, 6.45) is 2.15. The molecule has 0 atom stereocenters. The predicted molar refractivity (Wildman–Crippen MR) is 104 cm³/mol. The molecule has 27 heavy (non-hydrogen) atoms. The number of nitrogens with one attached hydrogen (secondary N) is 2. The highest BCUT2D eigenvalue weighted by Crippen LogP contribution is 2.22. The Labute approximate surface area is 157 Å². The minimum atomic E-state index is -0.518. The van der Waals surface area contributed by atoms with Crippen LogP contribution in [-0.4, -0.2) is 16.7 Å². The van der Waals surface area contributed by atoms with Gasteiger partial charge in [0.25, 0.3) is 11.6 Å². The van der Waals surface area contributed by atoms with E-state index in [1.807, 2.05) is 32.0 Å². The fourth-order valence-electron chi connectivity index (χ4n) is 2.63. The van der Waals surface area contributed by atoms with Gasteiger partial charge in [-0.05, 0) is 36.1 Å². The lowest BCUT2D eigenvalue weighted by atomic mass is 10.1. The second-order valence-electron chi connectivity index (χ2n) is 6.01. The van der Waals surface area contributed by atoms with E-state index in [0.29, 0.717) is 11.3 Å². The van der Waals surface area contributed by atoms with Crippen molar-refractivity contribution in [2.75, 3.05) is 5.32 Å². The van der Waals surface area contributed by atoms with Gasteiger partial charge in [-0.1, -0.05) is 37.3 Å². The molecule has 2 aromatic rings. The average Bonchev–Trinajstić information content (AvgIpc) is 2.62. The number of rotatable bonds is 6. The van der Waals surface area contributed by atoms with Gasteiger partial charge in [-0.3, -0.25) is 19.7 Å². The molecule has 0 heterocycles. The maximum absolute atomic E-state index is 12.8. The molecule has 0 aromatic heterocycles. The maximum atomic E-state index is 12.8. The van der Waals surface area contributed by atoms with Crippen LogP contribution in [0.4, 0.5) is 11.4 Å². The Kier molecular flexibility index (Phi) is 6.43. The molecule has 2 aromatic carbocycles. The van der Waals surface area contributed by atoms with Crippen molar-refractivity contribution in [3.05, 3.63) is 75.0 Å². The Morgan fingerprint density at radius 1 is 1.19 bits per heavy atom. The first kappa shape index (κ1) is 19.8. The van der Waals surface area contributed by atoms with E-state index < -0.39 is 16.7 Å². The van der Waals surface area contributed by atoms with E-state index in [0.717, 1.165) is 17.5 Å². The zero-order chi connectivity index (χ0) is 20.0. The third kappa shape index (κ3) is 5.24. The van der Waals surface area contributed by atoms with Crippen molar-refractivity contribution < 1.29 is 14.5 Å². The van der Waals surface area contributed by atoms with Gasteiger partial charge in [-0.15, -0.1) is 0 Å². The van der Waals surface area contributed by atoms with Crippen LogP contribution in [0.25, 0.3) is 6.08 Å². The fourth-order valence-corrected chi connectivity index (χ4v) is 2.63. The summed E-state index contributed by atoms with van der Waals surface area (Å²) >= 11 is 0. The smallest absolute Gasteiger partial charge is 0.272 e. The lowest BCUT2D eigenvalue weighted by Crippen LogP contribution is -2.29. The largest absolute Gasteiger partial charge is 0.322 e. The van der Waals surface area contributed by atoms with E-state index in [-0.39, 0.29) is 11.4 Å². The summed E-state index contributed by atoms with van der Waals surface area (Å²) in [5.41, 5.74) is 2.91. The van der Waals surface area contributed by atoms with Gasteiger partial charge >= 0.3 is 0 Å². The normalized spacial score (nSPS) is 11.0. The molecular weight excluding hydrogens is 346 g/mol. The molecule has 0 aliphatic carbocycles. The number of anilines is 1. The lowest BCUT2D eigenvalue weighted by Gasteiger charge is -2.15. The molecule has 2 N–H and O–H groups in total. The molecule has 140 valence electrons. The third-order valence-electron chi connectivity index (χ3n) is 3.93. The molecule has 0 saturated heterocycles. The van der Waals surface area contributed by atoms with Crippen molar-refractivity contribution in [2.45, 2.75) is 27.2 Å². The monoisotopic (exact) mass is 367 g/mol. The summed E-state index contributed by atoms with van der Waals surface area (Å²) in [5.74, 6) is -0.914. The van der Waals surface area contributed by atoms with Crippen molar-refractivity contribution in [3.63, 3.8) is 0 Å². The van der Waals surface area contributed by atoms with Crippen LogP contribution in [0.1, 0.15) is 30.5 Å². The summed E-state index contributed by atoms with van der Waals surface area (Å²) in [6, 6.07) is 11.5. The lowest BCUT2D eigenvalue weighted by molar-refractivity contribution is -0.384. The van der Waals surface area contributed by atoms with Gasteiger partial charge < -0.3 is 10.6 Å². The van der Waals surface area contributed by atoms with Gasteiger partial charge in [0.05, 0.1) is 4.92 Å². The number of carbonyl (C=O) groups is 2. The first-order chi connectivity index (χ1) is 12.8. The van der Waals surface area contributed by atoms with Gasteiger partial charge in [0.1, 0.15) is 5.70 Å². The average molecular weight is 367 g/mol. The zero-order valence-electron chi connectivity index (χ0n) is 15.4. The molecule has 2 amide bonds. The van der Waals surface area contributed by atoms with Crippen LogP contribution in [0.15, 0.2) is 48.2 Å². The van der Waals surface area contributed by atoms with Gasteiger partial charge in [-0.2, -0.15) is 0 Å². The van der Waals surface area contributed by atoms with E-state index in [4.69, 9.17) is 0 Å². The standard InChI is InChI=1S/C20H21N3O4/c1-4-16-9-5-7-13(2)19(16)22-20(25)18(21-14(3)24)12-15-8-6-10-17(11-15)23(26)27/h5-12H,4H2,1-3H3,(H,21,24)(H,22,25). The molecule has 0 spiro atoms. The number of non-ortho nitro benzene ring substituents is 1. The Hall–Kier alpha value is -3.48. The van der Waals surface area contributed by atoms with Crippen molar-refractivity contribution in [1.82, 2.24) is 5.32 Å². The van der Waals surface area contributed by atoms with Crippen LogP contribution < -0.4 is 10.6 Å². The van der Waals surface area contributed by atoms with E-state index in [2.05, 4.69) is 10.6 Å². The van der Waals surface area contributed by atoms with Crippen molar-refractivity contribution >= 4 is 29.3 Å². The predicted octanol–water partition coefficient (Wildman–Crippen LogP) is 3.58. The second-order valence-corrected chi connectivity index (χ2v) is 6.01. The number of hydrogen-bond acceptors (Lipinski definition) is 4. The van der Waals surface area contributed by atoms with Crippen LogP contribution in [0.3, 0.4) is 0 Å². The highest BCUT2D eigenvalue weighted by atomic mass is 16.6. The molecule has 0 unspecified atom stereocenters. The third-order valence-corrected chi connectivity index (χ3v) is 3.93. The molecule has 7 heteroatoms. The second kappa shape index (κ2) is 8.75. The highest BCUT2D eigenvalue weighted by Gasteiger charge is 2.15. The van der Waals surface area contributed by atoms with Gasteiger partial charge in [0, 0.05) is 24.7 Å². The van der Waals surface area contributed by atoms with Crippen molar-refractivity contribution in [2.24, 2.45) is 0 Å². The topological polar surface area (TPSA) is 101 Å². The van der Waals surface area contributed by atoms with Crippen molar-refractivity contribution in [1.29, 1.82) is 0 Å². The Morgan fingerprint density at radius 2 is 1.89 bits per heavy atom. The van der Waals surface area contributed by atoms with Crippen molar-refractivity contribution in [3.8, 4) is 0 Å². The molecule has 0 saturated carbocycles. The molecule has 0 radical (unpaired) electrons. The number of amides is 2. The number of carbonyl (C=O) groups excluding carboxylic acids is 2. The molecule has 0 fully saturated rings. The van der Waals surface area contributed by atoms with Gasteiger partial charge in [-0.25, -0.2) is 0 Å². The van der Waals surface area contributed by atoms with Crippen LogP contribution in [0.2, 0.25) is 0 Å². The number of nitro groups is 1. The fraction of sp³-hybridized carbons (Fsp3) is 0.200. The van der Waals surface area contributed by atoms with Crippen LogP contribution in [0.5, 0.6) is 0 Å². The van der Waals surface area contributed by atoms with Crippen LogP contribution in [-0.2, 0) is 16.0 Å². The highest BCUT2D eigenvalue weighted by molar-refractivity contribution is 6.09. The van der Waals surface area contributed by atoms with E-state index in [9.17, 15) is 19.7 Å². The molecule has 2 rings (SSSR count). The van der Waals surface area contributed by atoms with Crippen LogP contribution >= 0.6 is 0 Å². The molecule has 0 bridgehead atoms. The Bertz CT molecular complexity index is 919. The number of nitro benzene ring substituents is 1. The summed E-state index contributed by atoms with van der Waals surface area (Å²) < 4.78 is 0. The first-order valence-electron chi connectivity index (χ1n) is 8.45. The Balaban J connectivity index is 2.39. The number of benzene rings is 2. The zero-order valence-corrected chi connectivity index (χ0v) is 15.4. The van der Waals surface area contributed by atoms with Crippen LogP contribution in [0, 0.1) is 17.0 Å². The quantitative estimate of drug-likeness (QED) is 0.463. The minimum absolute atomic E-state index is 0.00769. The summed E-state index contributed by atoms with van der Waals surface area (Å²) in [7, 11) is 0. The minimum Gasteiger partial charge on any atom is -0.322 e. The van der Waals surface area contributed by atoms with E-state index in [1.165, 1.54) is 31.2 Å². The maximum Gasteiger partial charge on any atom is 0.272 e. The molecular formula is C20H21N3O4. The number of hydrogen-bond donors (Lipinski definition) is 2. The summed E-state index contributed by atoms with van der Waals surface area (Å²) in [6.45, 7) is 5.16. The van der Waals surface area contributed by atoms with Gasteiger partial charge in [0.15, 0.2) is 0 Å². The van der Waals surface area contributed by atoms with E-state index in [1.54, 1.807) is 6.07 Å². The molecule has 0 aliphatic rings. The Morgan fingerprint density at radius 3 is 2.52 bits per heavy atom. The summed E-state index contributed by atoms with van der Waals surface area (Å²) in [5, 5.41) is 16.3. The SMILES string of the molecule is CCc1cccc(C)c1NC(=O)C(=Cc1cccc([N+](=O)[O-])c1)NC(C)=O. The summed E-state index contributed by atoms with van der Waals surface area (Å²) in [4.78, 5) is 34.7.